The summed E-state index contributed by atoms with van der Waals surface area (Å²) in [6.45, 7) is 5.99. The molecule has 1 N–H and O–H groups in total. The van der Waals surface area contributed by atoms with Crippen LogP contribution in [-0.4, -0.2) is 12.0 Å². The van der Waals surface area contributed by atoms with Crippen molar-refractivity contribution in [1.29, 1.82) is 0 Å². The standard InChI is InChI=1S/C23H25NO4/c1-4-5-6-16-7-9-17(10-8-16)24-23(26)20-14-22(25)28-21-13-18(27-15(2)3)11-12-19(20)21/h7-15H,4-6H2,1-3H3,(H,24,26). The molecule has 0 bridgehead atoms. The number of fused-ring (bicyclic) bond motifs is 1. The Labute approximate surface area is 164 Å². The molecule has 0 spiro atoms. The largest absolute Gasteiger partial charge is 0.491 e. The van der Waals surface area contributed by atoms with Gasteiger partial charge < -0.3 is 14.5 Å². The van der Waals surface area contributed by atoms with Crippen LogP contribution in [0.1, 0.15) is 49.5 Å². The van der Waals surface area contributed by atoms with E-state index in [0.29, 0.717) is 22.4 Å². The third kappa shape index (κ3) is 4.80. The molecule has 0 aliphatic rings. The van der Waals surface area contributed by atoms with Crippen LogP contribution >= 0.6 is 0 Å². The smallest absolute Gasteiger partial charge is 0.337 e. The van der Waals surface area contributed by atoms with Crippen molar-refractivity contribution in [1.82, 2.24) is 0 Å². The van der Waals surface area contributed by atoms with E-state index in [1.165, 1.54) is 11.6 Å². The fourth-order valence-electron chi connectivity index (χ4n) is 3.01. The summed E-state index contributed by atoms with van der Waals surface area (Å²) in [5.74, 6) is 0.239. The summed E-state index contributed by atoms with van der Waals surface area (Å²) >= 11 is 0. The van der Waals surface area contributed by atoms with Crippen LogP contribution in [0, 0.1) is 0 Å². The van der Waals surface area contributed by atoms with E-state index in [1.807, 2.05) is 38.1 Å². The molecule has 2 aromatic carbocycles. The number of carbonyl (C=O) groups is 1. The van der Waals surface area contributed by atoms with Crippen molar-refractivity contribution < 1.29 is 13.9 Å². The second-order valence-corrected chi connectivity index (χ2v) is 7.06. The zero-order valence-corrected chi connectivity index (χ0v) is 16.5. The normalized spacial score (nSPS) is 11.0. The fourth-order valence-corrected chi connectivity index (χ4v) is 3.01. The lowest BCUT2D eigenvalue weighted by atomic mass is 10.1. The first-order valence-electron chi connectivity index (χ1n) is 9.61. The Morgan fingerprint density at radius 3 is 2.54 bits per heavy atom. The number of aryl methyl sites for hydroxylation is 1. The molecule has 0 radical (unpaired) electrons. The molecule has 0 saturated carbocycles. The highest BCUT2D eigenvalue weighted by molar-refractivity contribution is 6.12. The van der Waals surface area contributed by atoms with E-state index in [2.05, 4.69) is 12.2 Å². The Hall–Kier alpha value is -3.08. The zero-order chi connectivity index (χ0) is 20.1. The van der Waals surface area contributed by atoms with Gasteiger partial charge in [-0.3, -0.25) is 4.79 Å². The minimum absolute atomic E-state index is 0.00375. The summed E-state index contributed by atoms with van der Waals surface area (Å²) in [6.07, 6.45) is 3.30. The van der Waals surface area contributed by atoms with Gasteiger partial charge in [0.2, 0.25) is 0 Å². The topological polar surface area (TPSA) is 68.5 Å². The lowest BCUT2D eigenvalue weighted by Crippen LogP contribution is -2.15. The van der Waals surface area contributed by atoms with Gasteiger partial charge in [-0.25, -0.2) is 4.79 Å². The Kier molecular flexibility index (Phi) is 6.14. The lowest BCUT2D eigenvalue weighted by Gasteiger charge is -2.11. The van der Waals surface area contributed by atoms with Gasteiger partial charge in [-0.05, 0) is 56.5 Å². The van der Waals surface area contributed by atoms with Crippen molar-refractivity contribution in [3.05, 3.63) is 70.1 Å². The number of hydrogen-bond donors (Lipinski definition) is 1. The van der Waals surface area contributed by atoms with E-state index in [4.69, 9.17) is 9.15 Å². The number of anilines is 1. The summed E-state index contributed by atoms with van der Waals surface area (Å²) < 4.78 is 10.9. The number of nitrogens with one attached hydrogen (secondary N) is 1. The number of hydrogen-bond acceptors (Lipinski definition) is 4. The average Bonchev–Trinajstić information content (AvgIpc) is 2.66. The first-order valence-corrected chi connectivity index (χ1v) is 9.61. The van der Waals surface area contributed by atoms with Crippen LogP contribution in [0.4, 0.5) is 5.69 Å². The number of rotatable bonds is 7. The van der Waals surface area contributed by atoms with Gasteiger partial charge in [0.15, 0.2) is 0 Å². The minimum atomic E-state index is -0.575. The van der Waals surface area contributed by atoms with E-state index in [1.54, 1.807) is 18.2 Å². The molecular formula is C23H25NO4. The molecule has 5 nitrogen and oxygen atoms in total. The highest BCUT2D eigenvalue weighted by Crippen LogP contribution is 2.24. The first kappa shape index (κ1) is 19.7. The minimum Gasteiger partial charge on any atom is -0.491 e. The van der Waals surface area contributed by atoms with E-state index < -0.39 is 5.63 Å². The van der Waals surface area contributed by atoms with Gasteiger partial charge in [0.05, 0.1) is 11.7 Å². The molecule has 0 aliphatic carbocycles. The molecule has 0 atom stereocenters. The van der Waals surface area contributed by atoms with Gasteiger partial charge >= 0.3 is 5.63 Å². The summed E-state index contributed by atoms with van der Waals surface area (Å²) in [5.41, 5.74) is 1.95. The van der Waals surface area contributed by atoms with E-state index in [-0.39, 0.29) is 17.6 Å². The molecule has 3 rings (SSSR count). The maximum Gasteiger partial charge on any atom is 0.337 e. The van der Waals surface area contributed by atoms with Crippen molar-refractivity contribution in [3.63, 3.8) is 0 Å². The van der Waals surface area contributed by atoms with Gasteiger partial charge in [0.1, 0.15) is 11.3 Å². The number of benzene rings is 2. The summed E-state index contributed by atoms with van der Waals surface area (Å²) in [5, 5.41) is 3.42. The molecule has 0 aliphatic heterocycles. The SMILES string of the molecule is CCCCc1ccc(NC(=O)c2cc(=O)oc3cc(OC(C)C)ccc23)cc1. The number of unbranched alkanes of at least 4 members (excludes halogenated alkanes) is 1. The van der Waals surface area contributed by atoms with Gasteiger partial charge in [0, 0.05) is 23.2 Å². The van der Waals surface area contributed by atoms with E-state index in [0.717, 1.165) is 19.3 Å². The molecular weight excluding hydrogens is 354 g/mol. The Balaban J connectivity index is 1.85. The van der Waals surface area contributed by atoms with Crippen LogP contribution in [0.2, 0.25) is 0 Å². The van der Waals surface area contributed by atoms with Crippen molar-refractivity contribution in [2.45, 2.75) is 46.1 Å². The highest BCUT2D eigenvalue weighted by Gasteiger charge is 2.14. The third-order valence-corrected chi connectivity index (χ3v) is 4.36. The predicted octanol–water partition coefficient (Wildman–Crippen LogP) is 5.18. The number of carbonyl (C=O) groups excluding carboxylic acids is 1. The average molecular weight is 379 g/mol. The predicted molar refractivity (Wildman–Crippen MR) is 111 cm³/mol. The Bertz CT molecular complexity index is 1020. The second-order valence-electron chi connectivity index (χ2n) is 7.06. The van der Waals surface area contributed by atoms with E-state index >= 15 is 0 Å². The second kappa shape index (κ2) is 8.74. The molecule has 0 fully saturated rings. The van der Waals surface area contributed by atoms with Crippen LogP contribution in [0.25, 0.3) is 11.0 Å². The van der Waals surface area contributed by atoms with Crippen LogP contribution in [0.15, 0.2) is 57.7 Å². The van der Waals surface area contributed by atoms with Crippen molar-refractivity contribution in [3.8, 4) is 5.75 Å². The highest BCUT2D eigenvalue weighted by atomic mass is 16.5. The van der Waals surface area contributed by atoms with Crippen molar-refractivity contribution in [2.24, 2.45) is 0 Å². The van der Waals surface area contributed by atoms with Crippen LogP contribution < -0.4 is 15.7 Å². The van der Waals surface area contributed by atoms with Gasteiger partial charge in [0.25, 0.3) is 5.91 Å². The van der Waals surface area contributed by atoms with Crippen LogP contribution in [0.3, 0.4) is 0 Å². The first-order chi connectivity index (χ1) is 13.5. The van der Waals surface area contributed by atoms with Crippen molar-refractivity contribution >= 4 is 22.6 Å². The number of ether oxygens (including phenoxy) is 1. The monoisotopic (exact) mass is 379 g/mol. The molecule has 1 heterocycles. The summed E-state index contributed by atoms with van der Waals surface area (Å²) in [6, 6.07) is 14.1. The zero-order valence-electron chi connectivity index (χ0n) is 16.5. The van der Waals surface area contributed by atoms with Crippen LogP contribution in [0.5, 0.6) is 5.75 Å². The maximum absolute atomic E-state index is 12.8. The molecule has 3 aromatic rings. The molecule has 146 valence electrons. The van der Waals surface area contributed by atoms with Crippen LogP contribution in [-0.2, 0) is 6.42 Å². The lowest BCUT2D eigenvalue weighted by molar-refractivity contribution is 0.102. The van der Waals surface area contributed by atoms with Gasteiger partial charge in [-0.15, -0.1) is 0 Å². The quantitative estimate of drug-likeness (QED) is 0.575. The fraction of sp³-hybridized carbons (Fsp3) is 0.304. The van der Waals surface area contributed by atoms with Gasteiger partial charge in [-0.2, -0.15) is 0 Å². The Morgan fingerprint density at radius 2 is 1.86 bits per heavy atom. The number of amides is 1. The maximum atomic E-state index is 12.8. The summed E-state index contributed by atoms with van der Waals surface area (Å²) in [4.78, 5) is 24.7. The summed E-state index contributed by atoms with van der Waals surface area (Å²) in [7, 11) is 0. The molecule has 28 heavy (non-hydrogen) atoms. The van der Waals surface area contributed by atoms with Gasteiger partial charge in [-0.1, -0.05) is 25.5 Å². The Morgan fingerprint density at radius 1 is 1.11 bits per heavy atom. The molecule has 1 aromatic heterocycles. The molecule has 0 unspecified atom stereocenters. The van der Waals surface area contributed by atoms with E-state index in [9.17, 15) is 9.59 Å². The molecule has 1 amide bonds. The third-order valence-electron chi connectivity index (χ3n) is 4.36. The van der Waals surface area contributed by atoms with Crippen molar-refractivity contribution in [2.75, 3.05) is 5.32 Å². The molecule has 5 heteroatoms. The molecule has 0 saturated heterocycles.